The van der Waals surface area contributed by atoms with Gasteiger partial charge < -0.3 is 16.4 Å². The van der Waals surface area contributed by atoms with E-state index in [1.165, 1.54) is 0 Å². The second-order valence-electron chi connectivity index (χ2n) is 2.47. The Morgan fingerprint density at radius 1 is 1.14 bits per heavy atom. The van der Waals surface area contributed by atoms with Crippen molar-refractivity contribution in [3.8, 4) is 0 Å². The molecule has 0 aromatic rings. The maximum absolute atomic E-state index is 5.69. The number of rotatable bonds is 3. The van der Waals surface area contributed by atoms with Gasteiger partial charge in [0, 0.05) is 19.6 Å². The molecular weight excluding hydrogens is 202 g/mol. The molecule has 0 spiro atoms. The molecule has 0 aromatic carbocycles. The number of nitrogens with zero attached hydrogens (tertiary/aromatic N) is 3. The lowest BCUT2D eigenvalue weighted by Gasteiger charge is -2.18. The van der Waals surface area contributed by atoms with Gasteiger partial charge in [-0.15, -0.1) is 12.4 Å². The van der Waals surface area contributed by atoms with Gasteiger partial charge in [-0.2, -0.15) is 4.99 Å². The lowest BCUT2D eigenvalue weighted by molar-refractivity contribution is 0.461. The fourth-order valence-corrected chi connectivity index (χ4v) is 0.933. The second kappa shape index (κ2) is 8.62. The molecule has 0 saturated heterocycles. The Morgan fingerprint density at radius 3 is 2.00 bits per heavy atom. The molecule has 5 nitrogen and oxygen atoms in total. The second-order valence-corrected chi connectivity index (χ2v) is 2.47. The number of aliphatic imine (C=N–C) groups is 2. The maximum atomic E-state index is 5.69. The number of guanidine groups is 2. The monoisotopic (exact) mass is 221 g/mol. The normalized spacial score (nSPS) is 12.2. The van der Waals surface area contributed by atoms with Gasteiger partial charge in [-0.1, -0.05) is 0 Å². The van der Waals surface area contributed by atoms with Crippen LogP contribution >= 0.6 is 12.4 Å². The molecule has 0 aliphatic rings. The van der Waals surface area contributed by atoms with Crippen LogP contribution in [0.25, 0.3) is 0 Å². The predicted molar refractivity (Wildman–Crippen MR) is 64.0 cm³/mol. The number of hydrogen-bond acceptors (Lipinski definition) is 1. The van der Waals surface area contributed by atoms with Gasteiger partial charge in [-0.05, 0) is 20.8 Å². The van der Waals surface area contributed by atoms with Crippen molar-refractivity contribution in [3.63, 3.8) is 0 Å². The summed E-state index contributed by atoms with van der Waals surface area (Å²) in [6.45, 7) is 8.20. The number of halogens is 1. The summed E-state index contributed by atoms with van der Waals surface area (Å²) in [6, 6.07) is 0. The van der Waals surface area contributed by atoms with Gasteiger partial charge in [0.05, 0.1) is 0 Å². The van der Waals surface area contributed by atoms with Crippen LogP contribution in [0.1, 0.15) is 20.8 Å². The summed E-state index contributed by atoms with van der Waals surface area (Å²) in [6.07, 6.45) is 0. The van der Waals surface area contributed by atoms with Crippen molar-refractivity contribution in [3.05, 3.63) is 0 Å². The van der Waals surface area contributed by atoms with Gasteiger partial charge in [-0.25, -0.2) is 0 Å². The summed E-state index contributed by atoms with van der Waals surface area (Å²) in [5.41, 5.74) is 11.2. The van der Waals surface area contributed by atoms with Crippen LogP contribution < -0.4 is 11.5 Å². The third-order valence-corrected chi connectivity index (χ3v) is 1.64. The van der Waals surface area contributed by atoms with E-state index in [2.05, 4.69) is 9.98 Å². The van der Waals surface area contributed by atoms with E-state index in [1.54, 1.807) is 0 Å². The summed E-state index contributed by atoms with van der Waals surface area (Å²) in [5, 5.41) is 0. The minimum Gasteiger partial charge on any atom is -0.369 e. The van der Waals surface area contributed by atoms with Gasteiger partial charge >= 0.3 is 0 Å². The quantitative estimate of drug-likeness (QED) is 0.535. The van der Waals surface area contributed by atoms with Crippen molar-refractivity contribution in [2.24, 2.45) is 21.5 Å². The van der Waals surface area contributed by atoms with Crippen molar-refractivity contribution in [1.29, 1.82) is 0 Å². The minimum absolute atomic E-state index is 0. The Balaban J connectivity index is 0. The highest BCUT2D eigenvalue weighted by molar-refractivity contribution is 5.93. The highest BCUT2D eigenvalue weighted by atomic mass is 35.5. The molecule has 0 aliphatic heterocycles. The molecule has 0 amide bonds. The van der Waals surface area contributed by atoms with Gasteiger partial charge in [0.2, 0.25) is 5.96 Å². The highest BCUT2D eigenvalue weighted by Crippen LogP contribution is 1.86. The molecule has 0 aromatic heterocycles. The predicted octanol–water partition coefficient (Wildman–Crippen LogP) is 0.399. The lowest BCUT2D eigenvalue weighted by atomic mass is 10.5. The van der Waals surface area contributed by atoms with Gasteiger partial charge in [-0.3, -0.25) is 4.99 Å². The van der Waals surface area contributed by atoms with Crippen LogP contribution in [0.2, 0.25) is 0 Å². The summed E-state index contributed by atoms with van der Waals surface area (Å²) in [5.74, 6) is 0.673. The van der Waals surface area contributed by atoms with Crippen molar-refractivity contribution in [1.82, 2.24) is 4.90 Å². The third-order valence-electron chi connectivity index (χ3n) is 1.64. The summed E-state index contributed by atoms with van der Waals surface area (Å²) in [4.78, 5) is 9.79. The molecule has 0 rings (SSSR count). The van der Waals surface area contributed by atoms with E-state index in [1.807, 2.05) is 25.7 Å². The van der Waals surface area contributed by atoms with Crippen LogP contribution in [-0.4, -0.2) is 36.5 Å². The Bertz CT molecular complexity index is 198. The van der Waals surface area contributed by atoms with Crippen LogP contribution in [0.5, 0.6) is 0 Å². The van der Waals surface area contributed by atoms with E-state index < -0.39 is 0 Å². The van der Waals surface area contributed by atoms with Crippen LogP contribution in [0.3, 0.4) is 0 Å². The topological polar surface area (TPSA) is 80.0 Å². The van der Waals surface area contributed by atoms with Crippen LogP contribution in [0.4, 0.5) is 0 Å². The number of hydrogen-bond donors (Lipinski definition) is 2. The Kier molecular flexibility index (Phi) is 9.54. The molecule has 0 fully saturated rings. The molecule has 0 saturated carbocycles. The fraction of sp³-hybridized carbons (Fsp3) is 0.750. The first-order valence-electron chi connectivity index (χ1n) is 4.54. The summed E-state index contributed by atoms with van der Waals surface area (Å²) >= 11 is 0. The molecule has 0 aliphatic carbocycles. The molecule has 6 heteroatoms. The van der Waals surface area contributed by atoms with Crippen LogP contribution in [-0.2, 0) is 0 Å². The Labute approximate surface area is 91.7 Å². The zero-order chi connectivity index (χ0) is 10.3. The molecule has 0 heterocycles. The smallest absolute Gasteiger partial charge is 0.218 e. The zero-order valence-corrected chi connectivity index (χ0v) is 9.84. The molecule has 14 heavy (non-hydrogen) atoms. The van der Waals surface area contributed by atoms with Crippen molar-refractivity contribution >= 4 is 24.3 Å². The van der Waals surface area contributed by atoms with Crippen LogP contribution in [0.15, 0.2) is 9.98 Å². The van der Waals surface area contributed by atoms with Gasteiger partial charge in [0.1, 0.15) is 0 Å². The maximum Gasteiger partial charge on any atom is 0.218 e. The van der Waals surface area contributed by atoms with Crippen LogP contribution in [0, 0.1) is 0 Å². The largest absolute Gasteiger partial charge is 0.369 e. The molecule has 0 bridgehead atoms. The third kappa shape index (κ3) is 5.64. The Morgan fingerprint density at radius 2 is 1.64 bits per heavy atom. The minimum atomic E-state index is 0. The molecule has 84 valence electrons. The zero-order valence-electron chi connectivity index (χ0n) is 9.03. The van der Waals surface area contributed by atoms with E-state index in [-0.39, 0.29) is 18.4 Å². The fourth-order valence-electron chi connectivity index (χ4n) is 0.933. The van der Waals surface area contributed by atoms with E-state index in [0.717, 1.165) is 13.1 Å². The Hall–Kier alpha value is -0.970. The highest BCUT2D eigenvalue weighted by Gasteiger charge is 2.01. The van der Waals surface area contributed by atoms with Gasteiger partial charge in [0.25, 0.3) is 0 Å². The molecule has 0 atom stereocenters. The summed E-state index contributed by atoms with van der Waals surface area (Å²) in [7, 11) is 0. The average Bonchev–Trinajstić information content (AvgIpc) is 2.06. The SMILES string of the molecule is CCN=C(N)N=C(N)N(CC)CC.Cl. The molecular formula is C8H20ClN5. The van der Waals surface area contributed by atoms with E-state index in [9.17, 15) is 0 Å². The van der Waals surface area contributed by atoms with E-state index in [0.29, 0.717) is 12.5 Å². The molecule has 4 N–H and O–H groups in total. The molecule has 0 unspecified atom stereocenters. The standard InChI is InChI=1S/C8H19N5.ClH/c1-4-11-7(9)12-8(10)13(5-2)6-3;/h4-6H2,1-3H3,(H4,9,10,11,12);1H. The van der Waals surface area contributed by atoms with Crippen molar-refractivity contribution in [2.45, 2.75) is 20.8 Å². The average molecular weight is 222 g/mol. The first kappa shape index (κ1) is 15.5. The number of nitrogens with two attached hydrogens (primary N) is 2. The van der Waals surface area contributed by atoms with Crippen molar-refractivity contribution in [2.75, 3.05) is 19.6 Å². The molecule has 0 radical (unpaired) electrons. The first-order valence-corrected chi connectivity index (χ1v) is 4.54. The van der Waals surface area contributed by atoms with Gasteiger partial charge in [0.15, 0.2) is 5.96 Å². The van der Waals surface area contributed by atoms with E-state index in [4.69, 9.17) is 11.5 Å². The van der Waals surface area contributed by atoms with Crippen molar-refractivity contribution < 1.29 is 0 Å². The lowest BCUT2D eigenvalue weighted by Crippen LogP contribution is -2.38. The first-order chi connectivity index (χ1) is 6.15. The summed E-state index contributed by atoms with van der Waals surface area (Å²) < 4.78 is 0. The van der Waals surface area contributed by atoms with E-state index >= 15 is 0 Å².